The van der Waals surface area contributed by atoms with Crippen LogP contribution < -0.4 is 5.32 Å². The van der Waals surface area contributed by atoms with Gasteiger partial charge in [-0.15, -0.1) is 0 Å². The maximum Gasteiger partial charge on any atom is 0.306 e. The van der Waals surface area contributed by atoms with E-state index in [9.17, 15) is 19.8 Å². The van der Waals surface area contributed by atoms with E-state index in [1.54, 1.807) is 0 Å². The summed E-state index contributed by atoms with van der Waals surface area (Å²) < 4.78 is 31.1. The molecule has 1 amide bonds. The zero-order valence-electron chi connectivity index (χ0n) is 49.7. The Morgan fingerprint density at radius 2 is 0.945 bits per heavy atom. The van der Waals surface area contributed by atoms with Crippen molar-refractivity contribution in [1.82, 2.24) is 5.32 Å². The van der Waals surface area contributed by atoms with Gasteiger partial charge < -0.3 is 39.2 Å². The van der Waals surface area contributed by atoms with E-state index >= 15 is 0 Å². The lowest BCUT2D eigenvalue weighted by Crippen LogP contribution is -2.66. The van der Waals surface area contributed by atoms with Crippen LogP contribution >= 0.6 is 0 Å². The lowest BCUT2D eigenvalue weighted by Gasteiger charge is -2.44. The highest BCUT2D eigenvalue weighted by Gasteiger charge is 2.49. The quantitative estimate of drug-likeness (QED) is 0.0236. The number of carbonyl (C=O) groups is 2. The maximum absolute atomic E-state index is 14.2. The number of esters is 1. The standard InChI is InChI=1S/C61H123NO9Si2/c1-10-13-16-19-22-25-26-27-28-29-32-34-37-40-43-53(42-39-36-33-30-23-20-17-14-11-2)49-57(65)71-60-58(61(68-46-48-73(7,8)9)70-55(51-63)59(60)66)62-56(64)50-54(69-52-67-45-47-72(4,5)6)44-41-38-35-31-24-21-18-15-12-3/h53-55,58-61,63,66H,10-52H2,1-9H3,(H,62,64)/t53-,54+,55+,58-,59+,60+,61-/m0/s1. The Hall–Kier alpha value is -0.866. The molecule has 0 aliphatic carbocycles. The SMILES string of the molecule is CCCCCCCCCCCCCCCC[C@H](CCCCCCCCCCC)CC(=O)O[C@H]1[C@H](O)[C@@H](CO)O[C@H](OCC[Si](C)(C)C)[C@H]1NC(=O)C[C@@H](CCCCCCCCCCC)OCOCC[Si](C)(C)C. The molecule has 12 heteroatoms. The van der Waals surface area contributed by atoms with Crippen LogP contribution in [-0.4, -0.2) is 102 Å². The third-order valence-electron chi connectivity index (χ3n) is 15.1. The fourth-order valence-corrected chi connectivity index (χ4v) is 11.6. The van der Waals surface area contributed by atoms with Crippen molar-refractivity contribution in [2.45, 2.75) is 346 Å². The van der Waals surface area contributed by atoms with Gasteiger partial charge in [0.15, 0.2) is 12.4 Å². The smallest absolute Gasteiger partial charge is 0.306 e. The lowest BCUT2D eigenvalue weighted by molar-refractivity contribution is -0.272. The molecule has 7 atom stereocenters. The van der Waals surface area contributed by atoms with Gasteiger partial charge in [-0.05, 0) is 37.3 Å². The number of hydrogen-bond donors (Lipinski definition) is 3. The van der Waals surface area contributed by atoms with Gasteiger partial charge in [-0.25, -0.2) is 0 Å². The van der Waals surface area contributed by atoms with Gasteiger partial charge in [-0.1, -0.05) is 266 Å². The molecule has 3 N–H and O–H groups in total. The summed E-state index contributed by atoms with van der Waals surface area (Å²) >= 11 is 0. The van der Waals surface area contributed by atoms with E-state index in [1.807, 2.05) is 0 Å². The van der Waals surface area contributed by atoms with Crippen molar-refractivity contribution in [3.8, 4) is 0 Å². The summed E-state index contributed by atoms with van der Waals surface area (Å²) in [5.41, 5.74) is 0. The number of ether oxygens (including phenoxy) is 5. The molecular formula is C61H123NO9Si2. The van der Waals surface area contributed by atoms with Gasteiger partial charge in [0.1, 0.15) is 25.0 Å². The number of nitrogens with one attached hydrogen (secondary N) is 1. The van der Waals surface area contributed by atoms with Crippen molar-refractivity contribution in [3.05, 3.63) is 0 Å². The van der Waals surface area contributed by atoms with Gasteiger partial charge >= 0.3 is 5.97 Å². The number of carbonyl (C=O) groups excluding carboxylic acids is 2. The van der Waals surface area contributed by atoms with Crippen LogP contribution in [0.4, 0.5) is 0 Å². The lowest BCUT2D eigenvalue weighted by atomic mass is 9.91. The molecule has 10 nitrogen and oxygen atoms in total. The van der Waals surface area contributed by atoms with Gasteiger partial charge in [-0.3, -0.25) is 9.59 Å². The van der Waals surface area contributed by atoms with Crippen molar-refractivity contribution >= 4 is 28.0 Å². The highest BCUT2D eigenvalue weighted by molar-refractivity contribution is 6.76. The highest BCUT2D eigenvalue weighted by Crippen LogP contribution is 2.29. The van der Waals surface area contributed by atoms with Gasteiger partial charge in [0.05, 0.1) is 19.1 Å². The van der Waals surface area contributed by atoms with Crippen LogP contribution in [-0.2, 0) is 33.3 Å². The van der Waals surface area contributed by atoms with Gasteiger partial charge in [0.2, 0.25) is 5.91 Å². The molecule has 1 rings (SSSR count). The molecular weight excluding hydrogens is 947 g/mol. The fraction of sp³-hybridized carbons (Fsp3) is 0.967. The maximum atomic E-state index is 14.2. The van der Waals surface area contributed by atoms with Gasteiger partial charge in [0, 0.05) is 35.8 Å². The Morgan fingerprint density at radius 1 is 0.548 bits per heavy atom. The fourth-order valence-electron chi connectivity index (χ4n) is 10.1. The minimum Gasteiger partial charge on any atom is -0.457 e. The van der Waals surface area contributed by atoms with Crippen molar-refractivity contribution in [2.75, 3.05) is 26.6 Å². The summed E-state index contributed by atoms with van der Waals surface area (Å²) in [4.78, 5) is 28.4. The molecule has 0 aromatic carbocycles. The molecule has 1 aliphatic heterocycles. The van der Waals surface area contributed by atoms with Crippen LogP contribution in [0.15, 0.2) is 0 Å². The van der Waals surface area contributed by atoms with Crippen LogP contribution in [0.1, 0.15) is 258 Å². The Kier molecular flexibility index (Phi) is 44.3. The molecule has 0 saturated carbocycles. The van der Waals surface area contributed by atoms with Crippen molar-refractivity contribution in [1.29, 1.82) is 0 Å². The van der Waals surface area contributed by atoms with Crippen LogP contribution in [0, 0.1) is 5.92 Å². The van der Waals surface area contributed by atoms with E-state index in [-0.39, 0.29) is 43.5 Å². The van der Waals surface area contributed by atoms with Crippen molar-refractivity contribution in [3.63, 3.8) is 0 Å². The molecule has 1 fully saturated rings. The van der Waals surface area contributed by atoms with Crippen molar-refractivity contribution in [2.24, 2.45) is 5.92 Å². The number of rotatable bonds is 52. The van der Waals surface area contributed by atoms with E-state index < -0.39 is 53.4 Å². The second kappa shape index (κ2) is 46.1. The van der Waals surface area contributed by atoms with E-state index in [0.717, 1.165) is 57.0 Å². The largest absolute Gasteiger partial charge is 0.457 e. The molecule has 1 saturated heterocycles. The summed E-state index contributed by atoms with van der Waals surface area (Å²) in [5.74, 6) is -0.480. The molecule has 0 aromatic rings. The topological polar surface area (TPSA) is 133 Å². The first-order chi connectivity index (χ1) is 35.1. The van der Waals surface area contributed by atoms with Crippen molar-refractivity contribution < 1.29 is 43.5 Å². The second-order valence-electron chi connectivity index (χ2n) is 25.0. The minimum absolute atomic E-state index is 0.0900. The first kappa shape index (κ1) is 70.1. The Labute approximate surface area is 453 Å². The molecule has 0 bridgehead atoms. The predicted octanol–water partition coefficient (Wildman–Crippen LogP) is 16.6. The Balaban J connectivity index is 3.12. The van der Waals surface area contributed by atoms with E-state index in [2.05, 4.69) is 65.4 Å². The first-order valence-electron chi connectivity index (χ1n) is 31.4. The average Bonchev–Trinajstić information content (AvgIpc) is 3.33. The zero-order chi connectivity index (χ0) is 53.8. The molecule has 0 spiro atoms. The van der Waals surface area contributed by atoms with E-state index in [1.165, 1.54) is 180 Å². The molecule has 0 unspecified atom stereocenters. The molecule has 1 aliphatic rings. The number of aliphatic hydroxyl groups excluding tert-OH is 2. The van der Waals surface area contributed by atoms with Gasteiger partial charge in [0.25, 0.3) is 0 Å². The monoisotopic (exact) mass is 1070 g/mol. The van der Waals surface area contributed by atoms with Crippen LogP contribution in [0.25, 0.3) is 0 Å². The number of hydrogen-bond acceptors (Lipinski definition) is 9. The summed E-state index contributed by atoms with van der Waals surface area (Å²) in [6.45, 7) is 21.3. The predicted molar refractivity (Wildman–Crippen MR) is 313 cm³/mol. The molecule has 0 radical (unpaired) electrons. The van der Waals surface area contributed by atoms with Crippen LogP contribution in [0.2, 0.25) is 51.4 Å². The second-order valence-corrected chi connectivity index (χ2v) is 36.2. The molecule has 1 heterocycles. The van der Waals surface area contributed by atoms with Crippen LogP contribution in [0.5, 0.6) is 0 Å². The first-order valence-corrected chi connectivity index (χ1v) is 38.8. The Bertz CT molecular complexity index is 1260. The molecule has 0 aromatic heterocycles. The molecule has 73 heavy (non-hydrogen) atoms. The zero-order valence-corrected chi connectivity index (χ0v) is 51.7. The van der Waals surface area contributed by atoms with E-state index in [4.69, 9.17) is 23.7 Å². The number of amides is 1. The average molecular weight is 1070 g/mol. The summed E-state index contributed by atoms with van der Waals surface area (Å²) in [5, 5.41) is 25.3. The number of unbranched alkanes of at least 4 members (excludes halogenated alkanes) is 29. The minimum atomic E-state index is -1.51. The Morgan fingerprint density at radius 3 is 1.36 bits per heavy atom. The normalized spacial score (nSPS) is 19.3. The molecule has 434 valence electrons. The van der Waals surface area contributed by atoms with Crippen LogP contribution in [0.3, 0.4) is 0 Å². The highest BCUT2D eigenvalue weighted by atomic mass is 28.3. The van der Waals surface area contributed by atoms with E-state index in [0.29, 0.717) is 13.2 Å². The third kappa shape index (κ3) is 40.9. The van der Waals surface area contributed by atoms with Gasteiger partial charge in [-0.2, -0.15) is 0 Å². The summed E-state index contributed by atoms with van der Waals surface area (Å²) in [6, 6.07) is 0.923. The third-order valence-corrected chi connectivity index (χ3v) is 18.6. The summed E-state index contributed by atoms with van der Waals surface area (Å²) in [7, 11) is -2.79. The summed E-state index contributed by atoms with van der Waals surface area (Å²) in [6.07, 6.45) is 38.7. The number of aliphatic hydroxyl groups is 2.